The molecule has 0 aliphatic carbocycles. The standard InChI is InChI=1S/C19H14N2O/c1-2-8-15(9-3-1)20-16-10-6-7-14(13-16)19-21-17-11-4-5-12-18(17)22-19/h1-13,20H. The van der Waals surface area contributed by atoms with Crippen LogP contribution in [0.1, 0.15) is 0 Å². The van der Waals surface area contributed by atoms with Crippen LogP contribution in [0.15, 0.2) is 83.3 Å². The van der Waals surface area contributed by atoms with Gasteiger partial charge in [0.25, 0.3) is 0 Å². The maximum atomic E-state index is 5.82. The van der Waals surface area contributed by atoms with Crippen LogP contribution in [0.2, 0.25) is 0 Å². The highest BCUT2D eigenvalue weighted by atomic mass is 16.3. The fourth-order valence-corrected chi connectivity index (χ4v) is 2.41. The Kier molecular flexibility index (Phi) is 3.09. The Labute approximate surface area is 128 Å². The summed E-state index contributed by atoms with van der Waals surface area (Å²) in [6, 6.07) is 25.9. The largest absolute Gasteiger partial charge is 0.436 e. The normalized spacial score (nSPS) is 10.7. The highest BCUT2D eigenvalue weighted by Crippen LogP contribution is 2.27. The van der Waals surface area contributed by atoms with E-state index >= 15 is 0 Å². The summed E-state index contributed by atoms with van der Waals surface area (Å²) < 4.78 is 5.82. The van der Waals surface area contributed by atoms with Gasteiger partial charge in [-0.3, -0.25) is 0 Å². The van der Waals surface area contributed by atoms with Crippen LogP contribution in [0.3, 0.4) is 0 Å². The van der Waals surface area contributed by atoms with E-state index in [0.29, 0.717) is 5.89 Å². The number of hydrogen-bond donors (Lipinski definition) is 1. The van der Waals surface area contributed by atoms with E-state index < -0.39 is 0 Å². The molecule has 0 unspecified atom stereocenters. The third-order valence-corrected chi connectivity index (χ3v) is 3.47. The first-order valence-electron chi connectivity index (χ1n) is 7.16. The molecule has 1 aromatic heterocycles. The quantitative estimate of drug-likeness (QED) is 0.559. The van der Waals surface area contributed by atoms with Crippen molar-refractivity contribution in [3.8, 4) is 11.5 Å². The molecule has 3 heteroatoms. The van der Waals surface area contributed by atoms with Gasteiger partial charge in [-0.25, -0.2) is 4.98 Å². The molecule has 0 saturated carbocycles. The van der Waals surface area contributed by atoms with E-state index in [0.717, 1.165) is 28.0 Å². The Morgan fingerprint density at radius 1 is 0.727 bits per heavy atom. The lowest BCUT2D eigenvalue weighted by molar-refractivity contribution is 0.620. The Morgan fingerprint density at radius 3 is 2.36 bits per heavy atom. The molecule has 0 aliphatic heterocycles. The number of aromatic nitrogens is 1. The van der Waals surface area contributed by atoms with Crippen LogP contribution in [0, 0.1) is 0 Å². The third kappa shape index (κ3) is 2.44. The first-order chi connectivity index (χ1) is 10.9. The third-order valence-electron chi connectivity index (χ3n) is 3.47. The smallest absolute Gasteiger partial charge is 0.227 e. The van der Waals surface area contributed by atoms with Crippen LogP contribution < -0.4 is 5.32 Å². The van der Waals surface area contributed by atoms with Crippen molar-refractivity contribution < 1.29 is 4.42 Å². The second kappa shape index (κ2) is 5.37. The summed E-state index contributed by atoms with van der Waals surface area (Å²) >= 11 is 0. The maximum Gasteiger partial charge on any atom is 0.227 e. The van der Waals surface area contributed by atoms with Gasteiger partial charge in [-0.2, -0.15) is 0 Å². The lowest BCUT2D eigenvalue weighted by atomic mass is 10.2. The number of para-hydroxylation sites is 3. The molecule has 4 rings (SSSR count). The molecule has 1 N–H and O–H groups in total. The average molecular weight is 286 g/mol. The molecule has 106 valence electrons. The Hall–Kier alpha value is -3.07. The fourth-order valence-electron chi connectivity index (χ4n) is 2.41. The van der Waals surface area contributed by atoms with Gasteiger partial charge in [0.2, 0.25) is 5.89 Å². The van der Waals surface area contributed by atoms with Crippen LogP contribution in [0.25, 0.3) is 22.6 Å². The van der Waals surface area contributed by atoms with Gasteiger partial charge >= 0.3 is 0 Å². The summed E-state index contributed by atoms with van der Waals surface area (Å²) in [5.74, 6) is 0.637. The van der Waals surface area contributed by atoms with E-state index in [1.807, 2.05) is 78.9 Å². The number of nitrogens with zero attached hydrogens (tertiary/aromatic N) is 1. The van der Waals surface area contributed by atoms with Gasteiger partial charge in [-0.15, -0.1) is 0 Å². The van der Waals surface area contributed by atoms with E-state index in [-0.39, 0.29) is 0 Å². The van der Waals surface area contributed by atoms with Crippen molar-refractivity contribution in [3.63, 3.8) is 0 Å². The van der Waals surface area contributed by atoms with Crippen molar-refractivity contribution in [1.82, 2.24) is 4.98 Å². The van der Waals surface area contributed by atoms with Crippen molar-refractivity contribution >= 4 is 22.5 Å². The number of anilines is 2. The zero-order chi connectivity index (χ0) is 14.8. The van der Waals surface area contributed by atoms with Crippen molar-refractivity contribution in [2.45, 2.75) is 0 Å². The summed E-state index contributed by atoms with van der Waals surface area (Å²) in [4.78, 5) is 4.54. The second-order valence-corrected chi connectivity index (χ2v) is 5.06. The highest BCUT2D eigenvalue weighted by molar-refractivity contribution is 5.77. The minimum Gasteiger partial charge on any atom is -0.436 e. The van der Waals surface area contributed by atoms with Crippen LogP contribution in [-0.2, 0) is 0 Å². The fraction of sp³-hybridized carbons (Fsp3) is 0. The first-order valence-corrected chi connectivity index (χ1v) is 7.16. The molecular weight excluding hydrogens is 272 g/mol. The molecule has 3 aromatic carbocycles. The Balaban J connectivity index is 1.69. The molecule has 0 atom stereocenters. The number of benzene rings is 3. The van der Waals surface area contributed by atoms with Gasteiger partial charge in [0.1, 0.15) is 5.52 Å². The van der Waals surface area contributed by atoms with E-state index in [4.69, 9.17) is 4.42 Å². The first kappa shape index (κ1) is 12.7. The predicted octanol–water partition coefficient (Wildman–Crippen LogP) is 5.24. The van der Waals surface area contributed by atoms with Gasteiger partial charge in [0.15, 0.2) is 5.58 Å². The predicted molar refractivity (Wildman–Crippen MR) is 89.2 cm³/mol. The summed E-state index contributed by atoms with van der Waals surface area (Å²) in [5, 5.41) is 3.38. The van der Waals surface area contributed by atoms with Gasteiger partial charge in [-0.1, -0.05) is 36.4 Å². The minimum atomic E-state index is 0.637. The molecule has 1 heterocycles. The zero-order valence-electron chi connectivity index (χ0n) is 11.9. The SMILES string of the molecule is c1ccc(Nc2cccc(-c3nc4ccccc4o3)c2)cc1. The molecule has 0 spiro atoms. The zero-order valence-corrected chi connectivity index (χ0v) is 11.9. The maximum absolute atomic E-state index is 5.82. The molecule has 0 saturated heterocycles. The van der Waals surface area contributed by atoms with Crippen LogP contribution in [0.5, 0.6) is 0 Å². The second-order valence-electron chi connectivity index (χ2n) is 5.06. The number of rotatable bonds is 3. The van der Waals surface area contributed by atoms with Crippen LogP contribution in [0.4, 0.5) is 11.4 Å². The Morgan fingerprint density at radius 2 is 1.50 bits per heavy atom. The lowest BCUT2D eigenvalue weighted by Gasteiger charge is -2.06. The van der Waals surface area contributed by atoms with Crippen molar-refractivity contribution in [1.29, 1.82) is 0 Å². The topological polar surface area (TPSA) is 38.1 Å². The summed E-state index contributed by atoms with van der Waals surface area (Å²) in [7, 11) is 0. The summed E-state index contributed by atoms with van der Waals surface area (Å²) in [5.41, 5.74) is 4.69. The van der Waals surface area contributed by atoms with Crippen LogP contribution in [-0.4, -0.2) is 4.98 Å². The van der Waals surface area contributed by atoms with Gasteiger partial charge in [-0.05, 0) is 42.5 Å². The number of nitrogens with one attached hydrogen (secondary N) is 1. The molecule has 4 aromatic rings. The Bertz CT molecular complexity index is 880. The summed E-state index contributed by atoms with van der Waals surface area (Å²) in [6.45, 7) is 0. The summed E-state index contributed by atoms with van der Waals surface area (Å²) in [6.07, 6.45) is 0. The molecule has 0 amide bonds. The van der Waals surface area contributed by atoms with E-state index in [2.05, 4.69) is 10.3 Å². The van der Waals surface area contributed by atoms with E-state index in [1.54, 1.807) is 0 Å². The minimum absolute atomic E-state index is 0.637. The monoisotopic (exact) mass is 286 g/mol. The molecule has 0 bridgehead atoms. The van der Waals surface area contributed by atoms with Crippen molar-refractivity contribution in [3.05, 3.63) is 78.9 Å². The van der Waals surface area contributed by atoms with E-state index in [9.17, 15) is 0 Å². The van der Waals surface area contributed by atoms with Crippen molar-refractivity contribution in [2.24, 2.45) is 0 Å². The van der Waals surface area contributed by atoms with E-state index in [1.165, 1.54) is 0 Å². The highest BCUT2D eigenvalue weighted by Gasteiger charge is 2.08. The van der Waals surface area contributed by atoms with Gasteiger partial charge < -0.3 is 9.73 Å². The number of oxazole rings is 1. The molecule has 3 nitrogen and oxygen atoms in total. The number of hydrogen-bond acceptors (Lipinski definition) is 3. The molecule has 0 radical (unpaired) electrons. The molecular formula is C19H14N2O. The van der Waals surface area contributed by atoms with Gasteiger partial charge in [0.05, 0.1) is 0 Å². The number of fused-ring (bicyclic) bond motifs is 1. The molecule has 0 fully saturated rings. The molecule has 0 aliphatic rings. The van der Waals surface area contributed by atoms with Crippen molar-refractivity contribution in [2.75, 3.05) is 5.32 Å². The van der Waals surface area contributed by atoms with Crippen LogP contribution >= 0.6 is 0 Å². The van der Waals surface area contributed by atoms with Gasteiger partial charge in [0, 0.05) is 16.9 Å². The molecule has 22 heavy (non-hydrogen) atoms. The lowest BCUT2D eigenvalue weighted by Crippen LogP contribution is -1.90. The average Bonchev–Trinajstić information content (AvgIpc) is 3.00.